The minimum absolute atomic E-state index is 0.119. The Kier molecular flexibility index (Phi) is 4.72. The predicted octanol–water partition coefficient (Wildman–Crippen LogP) is 2.43. The maximum absolute atomic E-state index is 11.5. The van der Waals surface area contributed by atoms with Gasteiger partial charge in [0.25, 0.3) is 0 Å². The van der Waals surface area contributed by atoms with Crippen LogP contribution in [0.1, 0.15) is 37.8 Å². The van der Waals surface area contributed by atoms with Gasteiger partial charge in [-0.05, 0) is 35.1 Å². The van der Waals surface area contributed by atoms with E-state index in [1.165, 1.54) is 11.0 Å². The highest BCUT2D eigenvalue weighted by molar-refractivity contribution is 7.92. The van der Waals surface area contributed by atoms with Gasteiger partial charge < -0.3 is 15.1 Å². The number of anilines is 1. The molecule has 2 rings (SSSR count). The quantitative estimate of drug-likeness (QED) is 0.706. The van der Waals surface area contributed by atoms with Gasteiger partial charge >= 0.3 is 6.09 Å². The molecule has 1 unspecified atom stereocenters. The highest BCUT2D eigenvalue weighted by Crippen LogP contribution is 2.42. The highest BCUT2D eigenvalue weighted by atomic mass is 32.2. The molecule has 1 atom stereocenters. The van der Waals surface area contributed by atoms with E-state index in [0.29, 0.717) is 19.5 Å². The van der Waals surface area contributed by atoms with Gasteiger partial charge in [-0.1, -0.05) is 20.8 Å². The third kappa shape index (κ3) is 4.11. The molecule has 7 nitrogen and oxygen atoms in total. The van der Waals surface area contributed by atoms with Gasteiger partial charge in [0.15, 0.2) is 0 Å². The predicted molar refractivity (Wildman–Crippen MR) is 92.1 cm³/mol. The van der Waals surface area contributed by atoms with Crippen LogP contribution in [0.2, 0.25) is 0 Å². The second-order valence-corrected chi connectivity index (χ2v) is 9.09. The topological polar surface area (TPSA) is 107 Å². The Morgan fingerprint density at radius 1 is 1.33 bits per heavy atom. The lowest BCUT2D eigenvalue weighted by Gasteiger charge is -2.33. The van der Waals surface area contributed by atoms with Crippen LogP contribution in [0.5, 0.6) is 5.75 Å². The van der Waals surface area contributed by atoms with Crippen LogP contribution in [-0.4, -0.2) is 49.0 Å². The molecule has 0 spiro atoms. The van der Waals surface area contributed by atoms with Gasteiger partial charge in [-0.2, -0.15) is 0 Å². The van der Waals surface area contributed by atoms with E-state index in [4.69, 9.17) is 0 Å². The first kappa shape index (κ1) is 18.4. The summed E-state index contributed by atoms with van der Waals surface area (Å²) in [7, 11) is -3.53. The number of phenols is 1. The van der Waals surface area contributed by atoms with Gasteiger partial charge in [-0.15, -0.1) is 0 Å². The number of benzene rings is 1. The van der Waals surface area contributed by atoms with Crippen molar-refractivity contribution in [2.24, 2.45) is 5.41 Å². The number of aromatic hydroxyl groups is 1. The van der Waals surface area contributed by atoms with Gasteiger partial charge in [-0.3, -0.25) is 4.72 Å². The molecule has 0 saturated carbocycles. The van der Waals surface area contributed by atoms with Crippen molar-refractivity contribution in [1.82, 2.24) is 4.90 Å². The Morgan fingerprint density at radius 3 is 2.46 bits per heavy atom. The summed E-state index contributed by atoms with van der Waals surface area (Å²) in [6, 6.07) is 3.17. The van der Waals surface area contributed by atoms with Crippen molar-refractivity contribution in [3.63, 3.8) is 0 Å². The number of fused-ring (bicyclic) bond motifs is 1. The fourth-order valence-electron chi connectivity index (χ4n) is 3.05. The smallest absolute Gasteiger partial charge is 0.407 e. The molecular weight excluding hydrogens is 332 g/mol. The zero-order valence-corrected chi connectivity index (χ0v) is 15.1. The third-order valence-electron chi connectivity index (χ3n) is 4.30. The first-order chi connectivity index (χ1) is 10.9. The number of carboxylic acid groups (broad SMARTS) is 1. The van der Waals surface area contributed by atoms with Crippen LogP contribution in [-0.2, 0) is 16.4 Å². The van der Waals surface area contributed by atoms with E-state index >= 15 is 0 Å². The average Bonchev–Trinajstić information content (AvgIpc) is 2.56. The fraction of sp³-hybridized carbons (Fsp3) is 0.562. The molecule has 1 aliphatic rings. The zero-order chi connectivity index (χ0) is 18.3. The van der Waals surface area contributed by atoms with E-state index in [0.717, 1.165) is 17.4 Å². The van der Waals surface area contributed by atoms with Gasteiger partial charge in [0.05, 0.1) is 11.9 Å². The van der Waals surface area contributed by atoms with Crippen molar-refractivity contribution in [3.05, 3.63) is 23.3 Å². The first-order valence-electron chi connectivity index (χ1n) is 7.70. The second-order valence-electron chi connectivity index (χ2n) is 7.34. The Hall–Kier alpha value is -1.96. The molecule has 0 aliphatic carbocycles. The number of hydrogen-bond acceptors (Lipinski definition) is 4. The molecule has 8 heteroatoms. The molecule has 1 amide bonds. The largest absolute Gasteiger partial charge is 0.506 e. The number of nitrogens with one attached hydrogen (secondary N) is 1. The minimum atomic E-state index is -3.53. The molecule has 134 valence electrons. The number of rotatable bonds is 2. The summed E-state index contributed by atoms with van der Waals surface area (Å²) in [6.07, 6.45) is 0.516. The van der Waals surface area contributed by atoms with Crippen LogP contribution in [0.25, 0.3) is 0 Å². The third-order valence-corrected chi connectivity index (χ3v) is 4.89. The number of amides is 1. The standard InChI is InChI=1S/C16H24N2O5S/c1-16(2,3)12-9-18(15(20)21)6-5-10-7-14(19)13(8-11(10)12)17-24(4,22)23/h7-8,12,17,19H,5-6,9H2,1-4H3,(H,20,21). The summed E-state index contributed by atoms with van der Waals surface area (Å²) >= 11 is 0. The van der Waals surface area contributed by atoms with Crippen molar-refractivity contribution >= 4 is 21.8 Å². The molecule has 1 aromatic rings. The molecule has 1 aliphatic heterocycles. The van der Waals surface area contributed by atoms with E-state index in [9.17, 15) is 23.4 Å². The number of phenolic OH excluding ortho intramolecular Hbond substituents is 1. The van der Waals surface area contributed by atoms with Crippen LogP contribution in [0.4, 0.5) is 10.5 Å². The molecule has 0 fully saturated rings. The number of hydrogen-bond donors (Lipinski definition) is 3. The van der Waals surface area contributed by atoms with Crippen LogP contribution in [0.3, 0.4) is 0 Å². The van der Waals surface area contributed by atoms with E-state index < -0.39 is 16.1 Å². The minimum Gasteiger partial charge on any atom is -0.506 e. The number of nitrogens with zero attached hydrogens (tertiary/aromatic N) is 1. The highest BCUT2D eigenvalue weighted by Gasteiger charge is 2.34. The summed E-state index contributed by atoms with van der Waals surface area (Å²) in [4.78, 5) is 12.8. The van der Waals surface area contributed by atoms with E-state index in [-0.39, 0.29) is 22.8 Å². The maximum atomic E-state index is 11.5. The number of carbonyl (C=O) groups is 1. The van der Waals surface area contributed by atoms with Crippen LogP contribution < -0.4 is 4.72 Å². The van der Waals surface area contributed by atoms with Gasteiger partial charge in [0, 0.05) is 19.0 Å². The van der Waals surface area contributed by atoms with Crippen LogP contribution in [0, 0.1) is 5.41 Å². The van der Waals surface area contributed by atoms with E-state index in [1.807, 2.05) is 20.8 Å². The molecule has 0 aromatic heterocycles. The monoisotopic (exact) mass is 356 g/mol. The number of sulfonamides is 1. The summed E-state index contributed by atoms with van der Waals surface area (Å²) < 4.78 is 25.3. The summed E-state index contributed by atoms with van der Waals surface area (Å²) in [5, 5.41) is 19.5. The Labute approximate surface area is 142 Å². The van der Waals surface area contributed by atoms with Gasteiger partial charge in [0.1, 0.15) is 5.75 Å². The summed E-state index contributed by atoms with van der Waals surface area (Å²) in [5.74, 6) is -0.276. The molecule has 0 radical (unpaired) electrons. The molecule has 3 N–H and O–H groups in total. The first-order valence-corrected chi connectivity index (χ1v) is 9.59. The lowest BCUT2D eigenvalue weighted by molar-refractivity contribution is 0.135. The summed E-state index contributed by atoms with van der Waals surface area (Å²) in [6.45, 7) is 6.72. The Bertz CT molecular complexity index is 752. The molecule has 0 saturated heterocycles. The van der Waals surface area contributed by atoms with E-state index in [2.05, 4.69) is 4.72 Å². The van der Waals surface area contributed by atoms with Crippen molar-refractivity contribution < 1.29 is 23.4 Å². The van der Waals surface area contributed by atoms with Crippen LogP contribution >= 0.6 is 0 Å². The lowest BCUT2D eigenvalue weighted by atomic mass is 9.75. The van der Waals surface area contributed by atoms with Crippen LogP contribution in [0.15, 0.2) is 12.1 Å². The Morgan fingerprint density at radius 2 is 1.96 bits per heavy atom. The van der Waals surface area contributed by atoms with E-state index in [1.54, 1.807) is 6.07 Å². The molecular formula is C16H24N2O5S. The van der Waals surface area contributed by atoms with Gasteiger partial charge in [-0.25, -0.2) is 13.2 Å². The molecule has 0 bridgehead atoms. The lowest BCUT2D eigenvalue weighted by Crippen LogP contribution is -2.36. The molecule has 1 heterocycles. The molecule has 1 aromatic carbocycles. The van der Waals surface area contributed by atoms with Crippen molar-refractivity contribution in [3.8, 4) is 5.75 Å². The van der Waals surface area contributed by atoms with Crippen molar-refractivity contribution in [2.45, 2.75) is 33.1 Å². The van der Waals surface area contributed by atoms with Crippen molar-refractivity contribution in [2.75, 3.05) is 24.1 Å². The van der Waals surface area contributed by atoms with Gasteiger partial charge in [0.2, 0.25) is 10.0 Å². The zero-order valence-electron chi connectivity index (χ0n) is 14.3. The molecule has 24 heavy (non-hydrogen) atoms. The van der Waals surface area contributed by atoms with Crippen molar-refractivity contribution in [1.29, 1.82) is 0 Å². The summed E-state index contributed by atoms with van der Waals surface area (Å²) in [5.41, 5.74) is 1.60. The average molecular weight is 356 g/mol. The normalized spacial score (nSPS) is 18.7. The SMILES string of the molecule is CC(C)(C)C1CN(C(=O)O)CCc2cc(O)c(NS(C)(=O)=O)cc21. The maximum Gasteiger partial charge on any atom is 0.407 e. The Balaban J connectivity index is 2.56. The fourth-order valence-corrected chi connectivity index (χ4v) is 3.61. The second kappa shape index (κ2) is 6.16.